The van der Waals surface area contributed by atoms with Gasteiger partial charge in [0, 0.05) is 4.47 Å². The summed E-state index contributed by atoms with van der Waals surface area (Å²) in [4.78, 5) is 15.9. The molecule has 1 aromatic heterocycles. The van der Waals surface area contributed by atoms with Crippen LogP contribution in [-0.4, -0.2) is 9.66 Å². The van der Waals surface area contributed by atoms with E-state index in [1.165, 1.54) is 0 Å². The normalized spacial score (nSPS) is 10.7. The van der Waals surface area contributed by atoms with Crippen molar-refractivity contribution in [3.63, 3.8) is 0 Å². The van der Waals surface area contributed by atoms with Crippen molar-refractivity contribution < 1.29 is 0 Å². The van der Waals surface area contributed by atoms with Crippen LogP contribution in [0, 0.1) is 6.92 Å². The number of nitrogen functional groups attached to an aromatic ring is 1. The van der Waals surface area contributed by atoms with Crippen LogP contribution in [0.5, 0.6) is 0 Å². The highest BCUT2D eigenvalue weighted by molar-refractivity contribution is 9.10. The summed E-state index contributed by atoms with van der Waals surface area (Å²) >= 11 is 3.34. The summed E-state index contributed by atoms with van der Waals surface area (Å²) in [5.74, 6) is 6.02. The highest BCUT2D eigenvalue weighted by Crippen LogP contribution is 2.18. The highest BCUT2D eigenvalue weighted by atomic mass is 79.9. The molecule has 0 aliphatic heterocycles. The summed E-state index contributed by atoms with van der Waals surface area (Å²) in [6, 6.07) is 5.33. The van der Waals surface area contributed by atoms with E-state index in [2.05, 4.69) is 20.9 Å². The Morgan fingerprint density at radius 3 is 2.93 bits per heavy atom. The number of benzene rings is 1. The maximum absolute atomic E-state index is 11.7. The van der Waals surface area contributed by atoms with Gasteiger partial charge in [0.05, 0.1) is 10.9 Å². The van der Waals surface area contributed by atoms with Crippen molar-refractivity contribution in [2.75, 3.05) is 5.84 Å². The van der Waals surface area contributed by atoms with Crippen LogP contribution in [0.25, 0.3) is 10.9 Å². The van der Waals surface area contributed by atoms with E-state index in [1.54, 1.807) is 19.1 Å². The molecule has 72 valence electrons. The minimum Gasteiger partial charge on any atom is -0.335 e. The van der Waals surface area contributed by atoms with E-state index in [4.69, 9.17) is 5.84 Å². The van der Waals surface area contributed by atoms with E-state index in [-0.39, 0.29) is 5.56 Å². The number of nitrogens with zero attached hydrogens (tertiary/aromatic N) is 2. The lowest BCUT2D eigenvalue weighted by Gasteiger charge is -2.05. The number of hydrogen-bond acceptors (Lipinski definition) is 3. The fourth-order valence-corrected chi connectivity index (χ4v) is 1.75. The molecule has 0 unspecified atom stereocenters. The van der Waals surface area contributed by atoms with E-state index in [0.29, 0.717) is 16.7 Å². The molecule has 0 spiro atoms. The third kappa shape index (κ3) is 1.21. The van der Waals surface area contributed by atoms with Crippen molar-refractivity contribution in [3.8, 4) is 0 Å². The Hall–Kier alpha value is -1.36. The van der Waals surface area contributed by atoms with Gasteiger partial charge in [0.15, 0.2) is 0 Å². The monoisotopic (exact) mass is 253 g/mol. The summed E-state index contributed by atoms with van der Waals surface area (Å²) in [5, 5.41) is 0.521. The quantitative estimate of drug-likeness (QED) is 0.718. The average molecular weight is 254 g/mol. The average Bonchev–Trinajstić information content (AvgIpc) is 2.17. The second-order valence-electron chi connectivity index (χ2n) is 2.97. The molecule has 0 atom stereocenters. The predicted octanol–water partition coefficient (Wildman–Crippen LogP) is 1.18. The van der Waals surface area contributed by atoms with Gasteiger partial charge in [-0.2, -0.15) is 0 Å². The number of hydrogen-bond donors (Lipinski definition) is 1. The predicted molar refractivity (Wildman–Crippen MR) is 58.6 cm³/mol. The van der Waals surface area contributed by atoms with Crippen LogP contribution in [0.1, 0.15) is 5.82 Å². The topological polar surface area (TPSA) is 60.9 Å². The zero-order valence-electron chi connectivity index (χ0n) is 7.49. The summed E-state index contributed by atoms with van der Waals surface area (Å²) in [6.07, 6.45) is 0. The summed E-state index contributed by atoms with van der Waals surface area (Å²) in [7, 11) is 0. The molecule has 0 fully saturated rings. The fourth-order valence-electron chi connectivity index (χ4n) is 1.29. The first-order chi connectivity index (χ1) is 6.61. The second kappa shape index (κ2) is 3.09. The van der Waals surface area contributed by atoms with Crippen LogP contribution in [0.2, 0.25) is 0 Å². The van der Waals surface area contributed by atoms with Crippen LogP contribution < -0.4 is 11.4 Å². The molecule has 0 aliphatic carbocycles. The Balaban J connectivity index is 3.06. The third-order valence-corrected chi connectivity index (χ3v) is 2.70. The standard InChI is InChI=1S/C9H8BrN3O/c1-5-12-8-6(9(14)13(5)11)3-2-4-7(8)10/h2-4H,11H2,1H3. The van der Waals surface area contributed by atoms with Crippen molar-refractivity contribution in [1.82, 2.24) is 9.66 Å². The molecule has 1 aromatic carbocycles. The Morgan fingerprint density at radius 2 is 2.21 bits per heavy atom. The number of aryl methyl sites for hydroxylation is 1. The van der Waals surface area contributed by atoms with Crippen LogP contribution >= 0.6 is 15.9 Å². The van der Waals surface area contributed by atoms with Crippen molar-refractivity contribution in [3.05, 3.63) is 38.9 Å². The van der Waals surface area contributed by atoms with Crippen LogP contribution in [0.15, 0.2) is 27.5 Å². The maximum Gasteiger partial charge on any atom is 0.279 e. The number of fused-ring (bicyclic) bond motifs is 1. The fraction of sp³-hybridized carbons (Fsp3) is 0.111. The molecule has 0 radical (unpaired) electrons. The molecule has 0 amide bonds. The van der Waals surface area contributed by atoms with Gasteiger partial charge in [-0.3, -0.25) is 4.79 Å². The zero-order valence-corrected chi connectivity index (χ0v) is 9.08. The Morgan fingerprint density at radius 1 is 1.50 bits per heavy atom. The first kappa shape index (κ1) is 9.21. The van der Waals surface area contributed by atoms with Crippen LogP contribution in [-0.2, 0) is 0 Å². The molecular formula is C9H8BrN3O. The molecule has 2 N–H and O–H groups in total. The number of para-hydroxylation sites is 1. The maximum atomic E-state index is 11.7. The molecule has 1 heterocycles. The molecule has 2 rings (SSSR count). The Labute approximate surface area is 88.5 Å². The third-order valence-electron chi connectivity index (χ3n) is 2.06. The largest absolute Gasteiger partial charge is 0.335 e. The van der Waals surface area contributed by atoms with Gasteiger partial charge in [-0.05, 0) is 35.0 Å². The first-order valence-electron chi connectivity index (χ1n) is 4.04. The molecule has 0 saturated heterocycles. The number of halogens is 1. The van der Waals surface area contributed by atoms with Crippen molar-refractivity contribution >= 4 is 26.8 Å². The van der Waals surface area contributed by atoms with Crippen molar-refractivity contribution in [2.24, 2.45) is 0 Å². The van der Waals surface area contributed by atoms with E-state index in [0.717, 1.165) is 9.15 Å². The zero-order chi connectivity index (χ0) is 10.3. The molecule has 5 heteroatoms. The minimum absolute atomic E-state index is 0.228. The molecule has 0 saturated carbocycles. The molecule has 2 aromatic rings. The van der Waals surface area contributed by atoms with Gasteiger partial charge in [-0.15, -0.1) is 0 Å². The van der Waals surface area contributed by atoms with Crippen LogP contribution in [0.4, 0.5) is 0 Å². The lowest BCUT2D eigenvalue weighted by atomic mass is 10.2. The van der Waals surface area contributed by atoms with Gasteiger partial charge in [-0.25, -0.2) is 9.66 Å². The van der Waals surface area contributed by atoms with Gasteiger partial charge in [0.1, 0.15) is 5.82 Å². The number of rotatable bonds is 0. The SMILES string of the molecule is Cc1nc2c(Br)cccc2c(=O)n1N. The number of nitrogens with two attached hydrogens (primary N) is 1. The van der Waals surface area contributed by atoms with E-state index in [9.17, 15) is 4.79 Å². The van der Waals surface area contributed by atoms with E-state index in [1.807, 2.05) is 6.07 Å². The minimum atomic E-state index is -0.228. The Kier molecular flexibility index (Phi) is 2.03. The van der Waals surface area contributed by atoms with Crippen molar-refractivity contribution in [2.45, 2.75) is 6.92 Å². The summed E-state index contributed by atoms with van der Waals surface area (Å²) in [5.41, 5.74) is 0.422. The lowest BCUT2D eigenvalue weighted by molar-refractivity contribution is 0.851. The highest BCUT2D eigenvalue weighted by Gasteiger charge is 2.07. The Bertz CT molecular complexity index is 562. The van der Waals surface area contributed by atoms with E-state index >= 15 is 0 Å². The van der Waals surface area contributed by atoms with Crippen LogP contribution in [0.3, 0.4) is 0 Å². The van der Waals surface area contributed by atoms with E-state index < -0.39 is 0 Å². The van der Waals surface area contributed by atoms with Crippen molar-refractivity contribution in [1.29, 1.82) is 0 Å². The van der Waals surface area contributed by atoms with Gasteiger partial charge in [-0.1, -0.05) is 6.07 Å². The molecule has 0 bridgehead atoms. The van der Waals surface area contributed by atoms with Gasteiger partial charge in [0.25, 0.3) is 5.56 Å². The molecule has 14 heavy (non-hydrogen) atoms. The summed E-state index contributed by atoms with van der Waals surface area (Å²) in [6.45, 7) is 1.69. The smallest absolute Gasteiger partial charge is 0.279 e. The molecule has 4 nitrogen and oxygen atoms in total. The number of aromatic nitrogens is 2. The summed E-state index contributed by atoms with van der Waals surface area (Å²) < 4.78 is 1.85. The lowest BCUT2D eigenvalue weighted by Crippen LogP contribution is -2.30. The second-order valence-corrected chi connectivity index (χ2v) is 3.82. The molecule has 0 aliphatic rings. The van der Waals surface area contributed by atoms with Gasteiger partial charge in [0.2, 0.25) is 0 Å². The van der Waals surface area contributed by atoms with Gasteiger partial charge < -0.3 is 5.84 Å². The first-order valence-corrected chi connectivity index (χ1v) is 4.83. The molecular weight excluding hydrogens is 246 g/mol. The van der Waals surface area contributed by atoms with Gasteiger partial charge >= 0.3 is 0 Å².